The van der Waals surface area contributed by atoms with Gasteiger partial charge in [0, 0.05) is 34.0 Å². The lowest BCUT2D eigenvalue weighted by Crippen LogP contribution is -2.61. The van der Waals surface area contributed by atoms with E-state index in [1.807, 2.05) is 0 Å². The first-order chi connectivity index (χ1) is 30.1. The molecule has 0 saturated heterocycles. The van der Waals surface area contributed by atoms with Gasteiger partial charge in [0.15, 0.2) is 0 Å². The zero-order chi connectivity index (χ0) is 46.8. The zero-order valence-electron chi connectivity index (χ0n) is 42.8. The molecular weight excluding hydrogens is 784 g/mol. The summed E-state index contributed by atoms with van der Waals surface area (Å²) < 4.78 is 0. The second-order valence-corrected chi connectivity index (χ2v) is 26.2. The number of hydrogen-bond acceptors (Lipinski definition) is 2. The Morgan fingerprint density at radius 3 is 1.49 bits per heavy atom. The van der Waals surface area contributed by atoms with Gasteiger partial charge in [-0.1, -0.05) is 178 Å². The van der Waals surface area contributed by atoms with Gasteiger partial charge >= 0.3 is 0 Å². The van der Waals surface area contributed by atoms with Crippen LogP contribution in [-0.2, 0) is 37.9 Å². The van der Waals surface area contributed by atoms with Crippen LogP contribution in [-0.4, -0.2) is 6.71 Å². The fraction of sp³-hybridized carbons (Fsp3) is 0.419. The molecule has 0 aromatic heterocycles. The minimum absolute atomic E-state index is 0.00979. The van der Waals surface area contributed by atoms with Gasteiger partial charge in [0.1, 0.15) is 0 Å². The molecule has 0 bridgehead atoms. The summed E-state index contributed by atoms with van der Waals surface area (Å²) in [5.41, 5.74) is 24.5. The highest BCUT2D eigenvalue weighted by Crippen LogP contribution is 2.55. The van der Waals surface area contributed by atoms with Crippen molar-refractivity contribution in [1.29, 1.82) is 0 Å². The van der Waals surface area contributed by atoms with Crippen molar-refractivity contribution in [3.05, 3.63) is 148 Å². The number of fused-ring (bicyclic) bond motifs is 6. The summed E-state index contributed by atoms with van der Waals surface area (Å²) in [6, 6.07) is 43.9. The van der Waals surface area contributed by atoms with E-state index in [-0.39, 0.29) is 44.6 Å². The molecule has 65 heavy (non-hydrogen) atoms. The summed E-state index contributed by atoms with van der Waals surface area (Å²) >= 11 is 0. The van der Waals surface area contributed by atoms with Crippen molar-refractivity contribution in [2.75, 3.05) is 9.80 Å². The first-order valence-corrected chi connectivity index (χ1v) is 24.6. The molecule has 10 rings (SSSR count). The van der Waals surface area contributed by atoms with Crippen LogP contribution in [0.2, 0.25) is 0 Å². The van der Waals surface area contributed by atoms with Crippen LogP contribution in [0, 0.1) is 0 Å². The van der Waals surface area contributed by atoms with E-state index in [0.717, 1.165) is 12.8 Å². The molecule has 2 heterocycles. The molecule has 0 N–H and O–H groups in total. The predicted octanol–water partition coefficient (Wildman–Crippen LogP) is 15.2. The molecule has 6 aromatic rings. The second kappa shape index (κ2) is 13.8. The maximum atomic E-state index is 2.71. The van der Waals surface area contributed by atoms with Gasteiger partial charge in [0.2, 0.25) is 0 Å². The molecule has 3 heteroatoms. The smallest absolute Gasteiger partial charge is 0.252 e. The quantitative estimate of drug-likeness (QED) is 0.163. The molecule has 0 saturated carbocycles. The fourth-order valence-corrected chi connectivity index (χ4v) is 13.1. The van der Waals surface area contributed by atoms with E-state index in [4.69, 9.17) is 0 Å². The third-order valence-corrected chi connectivity index (χ3v) is 16.1. The van der Waals surface area contributed by atoms with Gasteiger partial charge in [0.05, 0.1) is 5.69 Å². The van der Waals surface area contributed by atoms with Gasteiger partial charge in [-0.2, -0.15) is 0 Å². The maximum Gasteiger partial charge on any atom is 0.252 e. The van der Waals surface area contributed by atoms with Gasteiger partial charge in [-0.25, -0.2) is 0 Å². The van der Waals surface area contributed by atoms with Crippen molar-refractivity contribution in [2.45, 2.75) is 168 Å². The molecule has 2 aliphatic heterocycles. The number of benzene rings is 6. The van der Waals surface area contributed by atoms with Crippen LogP contribution in [0.1, 0.15) is 169 Å². The molecule has 334 valence electrons. The Bertz CT molecular complexity index is 2940. The normalized spacial score (nSPS) is 18.5. The monoisotopic (exact) mass is 857 g/mol. The Kier molecular flexibility index (Phi) is 9.29. The lowest BCUT2D eigenvalue weighted by atomic mass is 9.33. The molecule has 0 amide bonds. The molecule has 4 aliphatic rings. The highest BCUT2D eigenvalue weighted by atomic mass is 15.2. The van der Waals surface area contributed by atoms with E-state index in [1.54, 1.807) is 0 Å². The Morgan fingerprint density at radius 1 is 0.400 bits per heavy atom. The van der Waals surface area contributed by atoms with E-state index >= 15 is 0 Å². The number of nitrogens with zero attached hydrogens (tertiary/aromatic N) is 2. The summed E-state index contributed by atoms with van der Waals surface area (Å²) in [5, 5.41) is 0. The Balaban J connectivity index is 1.37. The minimum Gasteiger partial charge on any atom is -0.311 e. The molecule has 0 unspecified atom stereocenters. The van der Waals surface area contributed by atoms with Crippen LogP contribution in [0.5, 0.6) is 0 Å². The lowest BCUT2D eigenvalue weighted by molar-refractivity contribution is 0.403. The Labute approximate surface area is 393 Å². The number of hydrogen-bond donors (Lipinski definition) is 0. The highest BCUT2D eigenvalue weighted by molar-refractivity contribution is 7.00. The average molecular weight is 857 g/mol. The highest BCUT2D eigenvalue weighted by Gasteiger charge is 2.49. The van der Waals surface area contributed by atoms with Crippen molar-refractivity contribution in [3.63, 3.8) is 0 Å². The average Bonchev–Trinajstić information content (AvgIpc) is 3.52. The van der Waals surface area contributed by atoms with Crippen molar-refractivity contribution < 1.29 is 0 Å². The maximum absolute atomic E-state index is 2.71. The Morgan fingerprint density at radius 2 is 0.892 bits per heavy atom. The summed E-state index contributed by atoms with van der Waals surface area (Å²) in [7, 11) is 0. The minimum atomic E-state index is -0.113. The van der Waals surface area contributed by atoms with Gasteiger partial charge in [-0.05, 0) is 160 Å². The van der Waals surface area contributed by atoms with Crippen LogP contribution in [0.3, 0.4) is 0 Å². The summed E-state index contributed by atoms with van der Waals surface area (Å²) in [5.74, 6) is 0. The topological polar surface area (TPSA) is 6.48 Å². The van der Waals surface area contributed by atoms with Crippen LogP contribution < -0.4 is 26.2 Å². The summed E-state index contributed by atoms with van der Waals surface area (Å²) in [4.78, 5) is 5.39. The SMILES string of the molecule is CC(C)(C)c1ccc(N2c3cc(C(C)(C)C)ccc3B3c4cc5c(cc4N(c4ccc6c(c4)C(C)(C)CC6(C)C)c4cc(C(C)(C)C)cc2c43)C(C)(C)CC5(C)C)c(-c2ccccc2)c1. The van der Waals surface area contributed by atoms with Gasteiger partial charge in [-0.3, -0.25) is 0 Å². The standard InChI is InChI=1S/C62H73BN2/c1-56(2,3)39-24-28-50(43(29-39)38-21-19-18-20-22-38)65-51-30-40(57(4,5)6)23-27-48(51)63-49-34-46-47(62(16,17)37-61(46,14)15)35-52(49)64(53-31-41(58(7,8)9)32-54(65)55(53)63)42-25-26-44-45(33-42)60(12,13)36-59(44,10)11/h18-35H,36-37H2,1-17H3. The summed E-state index contributed by atoms with van der Waals surface area (Å²) in [6.07, 6.45) is 2.27. The Hall–Kier alpha value is -5.02. The molecule has 2 aliphatic carbocycles. The third-order valence-electron chi connectivity index (χ3n) is 16.1. The van der Waals surface area contributed by atoms with Crippen molar-refractivity contribution in [1.82, 2.24) is 0 Å². The third kappa shape index (κ3) is 6.79. The van der Waals surface area contributed by atoms with Crippen LogP contribution in [0.25, 0.3) is 11.1 Å². The predicted molar refractivity (Wildman–Crippen MR) is 283 cm³/mol. The second-order valence-electron chi connectivity index (χ2n) is 26.2. The van der Waals surface area contributed by atoms with E-state index < -0.39 is 0 Å². The fourth-order valence-electron chi connectivity index (χ4n) is 13.1. The first kappa shape index (κ1) is 43.9. The van der Waals surface area contributed by atoms with E-state index in [0.29, 0.717) is 0 Å². The number of anilines is 6. The van der Waals surface area contributed by atoms with Gasteiger partial charge in [0.25, 0.3) is 6.71 Å². The van der Waals surface area contributed by atoms with E-state index in [2.05, 4.69) is 237 Å². The van der Waals surface area contributed by atoms with Gasteiger partial charge < -0.3 is 9.80 Å². The largest absolute Gasteiger partial charge is 0.311 e. The molecule has 0 radical (unpaired) electrons. The molecule has 0 fully saturated rings. The van der Waals surface area contributed by atoms with Gasteiger partial charge in [-0.15, -0.1) is 0 Å². The molecule has 6 aromatic carbocycles. The van der Waals surface area contributed by atoms with E-state index in [9.17, 15) is 0 Å². The van der Waals surface area contributed by atoms with Crippen LogP contribution in [0.4, 0.5) is 34.1 Å². The van der Waals surface area contributed by atoms with Crippen LogP contribution in [0.15, 0.2) is 109 Å². The van der Waals surface area contributed by atoms with E-state index in [1.165, 1.54) is 101 Å². The van der Waals surface area contributed by atoms with Crippen molar-refractivity contribution in [2.24, 2.45) is 0 Å². The molecule has 0 atom stereocenters. The first-order valence-electron chi connectivity index (χ1n) is 24.6. The van der Waals surface area contributed by atoms with Crippen molar-refractivity contribution in [3.8, 4) is 11.1 Å². The molecule has 0 spiro atoms. The summed E-state index contributed by atoms with van der Waals surface area (Å²) in [6.45, 7) is 41.0. The van der Waals surface area contributed by atoms with Crippen molar-refractivity contribution >= 4 is 57.2 Å². The van der Waals surface area contributed by atoms with Crippen LogP contribution >= 0.6 is 0 Å². The zero-order valence-corrected chi connectivity index (χ0v) is 42.8. The lowest BCUT2D eigenvalue weighted by Gasteiger charge is -2.46. The molecular formula is C62H73BN2. The number of rotatable bonds is 3. The molecule has 2 nitrogen and oxygen atoms in total.